The van der Waals surface area contributed by atoms with Crippen molar-refractivity contribution in [1.29, 1.82) is 0 Å². The van der Waals surface area contributed by atoms with Gasteiger partial charge in [0.05, 0.1) is 28.8 Å². The molecule has 1 aliphatic heterocycles. The van der Waals surface area contributed by atoms with E-state index in [-0.39, 0.29) is 22.7 Å². The molecule has 2 atom stereocenters. The van der Waals surface area contributed by atoms with Gasteiger partial charge in [0.25, 0.3) is 5.56 Å². The van der Waals surface area contributed by atoms with Crippen LogP contribution in [0.2, 0.25) is 5.02 Å². The van der Waals surface area contributed by atoms with Crippen LogP contribution in [0, 0.1) is 0 Å². The van der Waals surface area contributed by atoms with Crippen LogP contribution in [-0.4, -0.2) is 33.3 Å². The first-order valence-electron chi connectivity index (χ1n) is 9.13. The van der Waals surface area contributed by atoms with Crippen molar-refractivity contribution in [2.24, 2.45) is 0 Å². The van der Waals surface area contributed by atoms with E-state index in [1.165, 1.54) is 11.8 Å². The maximum Gasteiger partial charge on any atom is 0.262 e. The molecule has 7 heteroatoms. The van der Waals surface area contributed by atoms with E-state index < -0.39 is 0 Å². The summed E-state index contributed by atoms with van der Waals surface area (Å²) in [4.78, 5) is 30.1. The van der Waals surface area contributed by atoms with Gasteiger partial charge in [-0.05, 0) is 43.9 Å². The summed E-state index contributed by atoms with van der Waals surface area (Å²) in [7, 11) is 0. The number of fused-ring (bicyclic) bond motifs is 1. The molecule has 1 aromatic heterocycles. The zero-order valence-corrected chi connectivity index (χ0v) is 16.0. The highest BCUT2D eigenvalue weighted by atomic mass is 35.5. The second kappa shape index (κ2) is 7.71. The molecule has 1 saturated carbocycles. The summed E-state index contributed by atoms with van der Waals surface area (Å²) in [6.07, 6.45) is 5.44. The predicted octanol–water partition coefficient (Wildman–Crippen LogP) is 3.83. The lowest BCUT2D eigenvalue weighted by Crippen LogP contribution is -2.30. The van der Waals surface area contributed by atoms with E-state index in [9.17, 15) is 9.59 Å². The van der Waals surface area contributed by atoms with E-state index in [2.05, 4.69) is 0 Å². The molecule has 5 nitrogen and oxygen atoms in total. The fraction of sp³-hybridized carbons (Fsp3) is 0.526. The lowest BCUT2D eigenvalue weighted by molar-refractivity contribution is -0.119. The third-order valence-electron chi connectivity index (χ3n) is 5.04. The molecule has 0 N–H and O–H groups in total. The van der Waals surface area contributed by atoms with Crippen molar-refractivity contribution in [2.45, 2.75) is 61.6 Å². The zero-order valence-electron chi connectivity index (χ0n) is 14.4. The third-order valence-corrected chi connectivity index (χ3v) is 6.58. The molecule has 1 aromatic carbocycles. The number of thioether (sulfide) groups is 1. The molecule has 0 spiro atoms. The number of Topliss-reactive ketones (excluding diaryl/α,β-unsaturated/α-hetero) is 1. The molecule has 26 heavy (non-hydrogen) atoms. The van der Waals surface area contributed by atoms with Gasteiger partial charge in [-0.2, -0.15) is 0 Å². The fourth-order valence-corrected chi connectivity index (χ4v) is 5.01. The molecule has 0 unspecified atom stereocenters. The molecule has 4 rings (SSSR count). The van der Waals surface area contributed by atoms with Crippen molar-refractivity contribution < 1.29 is 9.53 Å². The van der Waals surface area contributed by atoms with Crippen LogP contribution in [0.4, 0.5) is 0 Å². The molecule has 1 saturated heterocycles. The minimum Gasteiger partial charge on any atom is -0.376 e. The lowest BCUT2D eigenvalue weighted by atomic mass is 9.99. The molecule has 0 amide bonds. The van der Waals surface area contributed by atoms with Crippen molar-refractivity contribution in [1.82, 2.24) is 9.55 Å². The Morgan fingerprint density at radius 2 is 2.12 bits per heavy atom. The molecule has 2 aliphatic rings. The van der Waals surface area contributed by atoms with Gasteiger partial charge in [0.2, 0.25) is 0 Å². The molecule has 2 fully saturated rings. The van der Waals surface area contributed by atoms with Crippen molar-refractivity contribution in [3.05, 3.63) is 33.6 Å². The SMILES string of the molecule is O=C1CCCC[C@@H]1Sc1nc2cc(Cl)ccc2c(=O)n1C[C@H]1CCCO1. The number of carbonyl (C=O) groups is 1. The summed E-state index contributed by atoms with van der Waals surface area (Å²) in [6.45, 7) is 1.22. The third kappa shape index (κ3) is 3.68. The van der Waals surface area contributed by atoms with E-state index in [1.54, 1.807) is 22.8 Å². The normalized spacial score (nSPS) is 23.7. The number of aromatic nitrogens is 2. The maximum absolute atomic E-state index is 13.1. The van der Waals surface area contributed by atoms with Gasteiger partial charge in [-0.3, -0.25) is 14.2 Å². The number of carbonyl (C=O) groups excluding carboxylic acids is 1. The van der Waals surface area contributed by atoms with Gasteiger partial charge in [-0.1, -0.05) is 29.8 Å². The summed E-state index contributed by atoms with van der Waals surface area (Å²) in [5.41, 5.74) is 0.491. The quantitative estimate of drug-likeness (QED) is 0.740. The Hall–Kier alpha value is -1.37. The zero-order chi connectivity index (χ0) is 18.1. The van der Waals surface area contributed by atoms with Crippen LogP contribution in [-0.2, 0) is 16.1 Å². The number of ketones is 1. The van der Waals surface area contributed by atoms with Crippen LogP contribution >= 0.6 is 23.4 Å². The highest BCUT2D eigenvalue weighted by molar-refractivity contribution is 8.00. The van der Waals surface area contributed by atoms with Crippen LogP contribution in [0.5, 0.6) is 0 Å². The minimum absolute atomic E-state index is 0.0284. The number of benzene rings is 1. The molecule has 2 heterocycles. The number of ether oxygens (including phenoxy) is 1. The first-order chi connectivity index (χ1) is 12.6. The maximum atomic E-state index is 13.1. The fourth-order valence-electron chi connectivity index (χ4n) is 3.62. The van der Waals surface area contributed by atoms with Crippen molar-refractivity contribution in [3.8, 4) is 0 Å². The summed E-state index contributed by atoms with van der Waals surface area (Å²) < 4.78 is 7.42. The number of hydrogen-bond donors (Lipinski definition) is 0. The number of hydrogen-bond acceptors (Lipinski definition) is 5. The van der Waals surface area contributed by atoms with Gasteiger partial charge in [0.1, 0.15) is 5.78 Å². The summed E-state index contributed by atoms with van der Waals surface area (Å²) >= 11 is 7.51. The Balaban J connectivity index is 1.76. The van der Waals surface area contributed by atoms with Crippen molar-refractivity contribution >= 4 is 40.0 Å². The molecular formula is C19H21ClN2O3S. The largest absolute Gasteiger partial charge is 0.376 e. The average Bonchev–Trinajstić information content (AvgIpc) is 3.13. The van der Waals surface area contributed by atoms with Crippen LogP contribution in [0.25, 0.3) is 10.9 Å². The van der Waals surface area contributed by atoms with E-state index in [0.717, 1.165) is 38.7 Å². The smallest absolute Gasteiger partial charge is 0.262 e. The molecule has 2 aromatic rings. The Morgan fingerprint density at radius 3 is 2.88 bits per heavy atom. The lowest BCUT2D eigenvalue weighted by Gasteiger charge is -2.22. The van der Waals surface area contributed by atoms with Gasteiger partial charge in [-0.15, -0.1) is 0 Å². The van der Waals surface area contributed by atoms with Crippen molar-refractivity contribution in [2.75, 3.05) is 6.61 Å². The number of nitrogens with zero attached hydrogens (tertiary/aromatic N) is 2. The highest BCUT2D eigenvalue weighted by Gasteiger charge is 2.27. The highest BCUT2D eigenvalue weighted by Crippen LogP contribution is 2.31. The van der Waals surface area contributed by atoms with Crippen LogP contribution in [0.15, 0.2) is 28.2 Å². The molecule has 1 aliphatic carbocycles. The Labute approximate surface area is 161 Å². The summed E-state index contributed by atoms with van der Waals surface area (Å²) in [5.74, 6) is 0.255. The molecule has 0 bridgehead atoms. The Kier molecular flexibility index (Phi) is 5.34. The minimum atomic E-state index is -0.122. The monoisotopic (exact) mass is 392 g/mol. The van der Waals surface area contributed by atoms with Crippen molar-refractivity contribution in [3.63, 3.8) is 0 Å². The first-order valence-corrected chi connectivity index (χ1v) is 10.4. The van der Waals surface area contributed by atoms with Gasteiger partial charge in [0.15, 0.2) is 5.16 Å². The molecule has 0 radical (unpaired) electrons. The van der Waals surface area contributed by atoms with Crippen LogP contribution < -0.4 is 5.56 Å². The topological polar surface area (TPSA) is 61.2 Å². The van der Waals surface area contributed by atoms with Gasteiger partial charge >= 0.3 is 0 Å². The predicted molar refractivity (Wildman–Crippen MR) is 103 cm³/mol. The first kappa shape index (κ1) is 18.0. The number of halogens is 1. The van der Waals surface area contributed by atoms with Crippen LogP contribution in [0.3, 0.4) is 0 Å². The second-order valence-corrected chi connectivity index (χ2v) is 8.53. The Bertz CT molecular complexity index is 892. The van der Waals surface area contributed by atoms with Gasteiger partial charge in [0, 0.05) is 18.1 Å². The van der Waals surface area contributed by atoms with E-state index in [4.69, 9.17) is 21.3 Å². The summed E-state index contributed by atoms with van der Waals surface area (Å²) in [5, 5.41) is 1.57. The Morgan fingerprint density at radius 1 is 1.23 bits per heavy atom. The van der Waals surface area contributed by atoms with Crippen LogP contribution in [0.1, 0.15) is 38.5 Å². The van der Waals surface area contributed by atoms with E-state index in [0.29, 0.717) is 34.0 Å². The number of rotatable bonds is 4. The summed E-state index contributed by atoms with van der Waals surface area (Å²) in [6, 6.07) is 5.14. The van der Waals surface area contributed by atoms with Gasteiger partial charge < -0.3 is 4.74 Å². The van der Waals surface area contributed by atoms with Gasteiger partial charge in [-0.25, -0.2) is 4.98 Å². The van der Waals surface area contributed by atoms with E-state index >= 15 is 0 Å². The second-order valence-electron chi connectivity index (χ2n) is 6.93. The molecule has 138 valence electrons. The standard InChI is InChI=1S/C19H21ClN2O3S/c20-12-7-8-14-15(10-12)21-19(26-17-6-2-1-5-16(17)23)22(18(14)24)11-13-4-3-9-25-13/h7-8,10,13,17H,1-6,9,11H2/t13-,17+/m1/s1. The average molecular weight is 393 g/mol. The van der Waals surface area contributed by atoms with E-state index in [1.807, 2.05) is 0 Å². The molecular weight excluding hydrogens is 372 g/mol.